The van der Waals surface area contributed by atoms with Crippen LogP contribution in [0.4, 0.5) is 5.95 Å². The molecule has 7 heteroatoms. The van der Waals surface area contributed by atoms with E-state index in [1.807, 2.05) is 6.07 Å². The summed E-state index contributed by atoms with van der Waals surface area (Å²) >= 11 is 0. The number of carbonyl (C=O) groups is 1. The van der Waals surface area contributed by atoms with Crippen LogP contribution in [-0.2, 0) is 11.8 Å². The van der Waals surface area contributed by atoms with Gasteiger partial charge in [0.15, 0.2) is 11.9 Å². The van der Waals surface area contributed by atoms with Gasteiger partial charge in [-0.3, -0.25) is 4.79 Å². The maximum Gasteiger partial charge on any atom is 0.256 e. The van der Waals surface area contributed by atoms with Gasteiger partial charge in [-0.15, -0.1) is 0 Å². The van der Waals surface area contributed by atoms with Crippen LogP contribution in [0.3, 0.4) is 0 Å². The molecule has 1 aromatic heterocycles. The fraction of sp³-hybridized carbons (Fsp3) is 0.400. The van der Waals surface area contributed by atoms with Gasteiger partial charge >= 0.3 is 0 Å². The van der Waals surface area contributed by atoms with E-state index in [1.54, 1.807) is 36.2 Å². The van der Waals surface area contributed by atoms with E-state index in [9.17, 15) is 9.90 Å². The maximum absolute atomic E-state index is 12.6. The third-order valence-electron chi connectivity index (χ3n) is 4.00. The molecule has 0 saturated carbocycles. The second kappa shape index (κ2) is 5.76. The molecular formula is C15H19N5O2. The van der Waals surface area contributed by atoms with Crippen LogP contribution >= 0.6 is 0 Å². The fourth-order valence-electron chi connectivity index (χ4n) is 2.79. The number of benzene rings is 1. The first-order valence-corrected chi connectivity index (χ1v) is 7.28. The van der Waals surface area contributed by atoms with E-state index in [4.69, 9.17) is 5.73 Å². The summed E-state index contributed by atoms with van der Waals surface area (Å²) in [7, 11) is 1.71. The Balaban J connectivity index is 1.82. The van der Waals surface area contributed by atoms with Crippen molar-refractivity contribution in [1.82, 2.24) is 19.7 Å². The summed E-state index contributed by atoms with van der Waals surface area (Å²) in [6, 6.07) is 8.70. The van der Waals surface area contributed by atoms with Gasteiger partial charge in [0.25, 0.3) is 5.91 Å². The van der Waals surface area contributed by atoms with Crippen LogP contribution in [0.15, 0.2) is 30.3 Å². The predicted molar refractivity (Wildman–Crippen MR) is 80.5 cm³/mol. The molecule has 3 rings (SSSR count). The van der Waals surface area contributed by atoms with Crippen LogP contribution < -0.4 is 5.73 Å². The summed E-state index contributed by atoms with van der Waals surface area (Å²) in [6.07, 6.45) is 0.468. The number of aryl methyl sites for hydroxylation is 1. The van der Waals surface area contributed by atoms with E-state index in [0.717, 1.165) is 12.8 Å². The molecule has 0 spiro atoms. The minimum absolute atomic E-state index is 0.227. The van der Waals surface area contributed by atoms with Gasteiger partial charge in [0.2, 0.25) is 5.95 Å². The zero-order valence-electron chi connectivity index (χ0n) is 12.4. The van der Waals surface area contributed by atoms with Gasteiger partial charge in [0, 0.05) is 13.6 Å². The van der Waals surface area contributed by atoms with Gasteiger partial charge in [-0.25, -0.2) is 4.68 Å². The largest absolute Gasteiger partial charge is 0.378 e. The number of likely N-dealkylation sites (tertiary alicyclic amines) is 1. The van der Waals surface area contributed by atoms with Crippen LogP contribution in [0.1, 0.15) is 36.4 Å². The Morgan fingerprint density at radius 1 is 1.41 bits per heavy atom. The summed E-state index contributed by atoms with van der Waals surface area (Å²) < 4.78 is 1.49. The Morgan fingerprint density at radius 3 is 2.77 bits per heavy atom. The number of aromatic nitrogens is 3. The number of hydrogen-bond acceptors (Lipinski definition) is 5. The third-order valence-corrected chi connectivity index (χ3v) is 4.00. The normalized spacial score (nSPS) is 19.4. The van der Waals surface area contributed by atoms with Gasteiger partial charge in [0.1, 0.15) is 0 Å². The Hall–Kier alpha value is -2.41. The minimum Gasteiger partial charge on any atom is -0.378 e. The van der Waals surface area contributed by atoms with Crippen molar-refractivity contribution in [2.75, 3.05) is 12.3 Å². The highest BCUT2D eigenvalue weighted by atomic mass is 16.3. The van der Waals surface area contributed by atoms with E-state index in [1.165, 1.54) is 4.68 Å². The molecule has 2 atom stereocenters. The molecule has 1 saturated heterocycles. The number of aliphatic hydroxyl groups excluding tert-OH is 1. The zero-order valence-corrected chi connectivity index (χ0v) is 12.4. The molecule has 2 aromatic rings. The number of rotatable bonds is 3. The van der Waals surface area contributed by atoms with Crippen molar-refractivity contribution in [2.45, 2.75) is 25.0 Å². The average Bonchev–Trinajstić information content (AvgIpc) is 3.14. The number of nitrogens with two attached hydrogens (primary N) is 1. The molecule has 0 radical (unpaired) electrons. The first-order valence-electron chi connectivity index (χ1n) is 7.28. The van der Waals surface area contributed by atoms with Gasteiger partial charge in [0.05, 0.1) is 6.04 Å². The minimum atomic E-state index is -1.16. The topological polar surface area (TPSA) is 97.3 Å². The second-order valence-electron chi connectivity index (χ2n) is 5.45. The smallest absolute Gasteiger partial charge is 0.256 e. The Labute approximate surface area is 128 Å². The monoisotopic (exact) mass is 301 g/mol. The number of hydrogen-bond donors (Lipinski definition) is 2. The first kappa shape index (κ1) is 14.5. The summed E-state index contributed by atoms with van der Waals surface area (Å²) in [4.78, 5) is 18.5. The molecule has 0 bridgehead atoms. The lowest BCUT2D eigenvalue weighted by atomic mass is 10.1. The van der Waals surface area contributed by atoms with Crippen molar-refractivity contribution in [3.8, 4) is 0 Å². The zero-order chi connectivity index (χ0) is 15.7. The standard InChI is InChI=1S/C15H19N5O2/c1-19-15(16)17-13(18-19)11-8-5-9-20(11)14(22)12(21)10-6-3-2-4-7-10/h2-4,6-7,11-12,21H,5,8-9H2,1H3,(H2,16,17,18)/t11?,12-/m0/s1. The molecule has 1 aromatic carbocycles. The van der Waals surface area contributed by atoms with Gasteiger partial charge in [-0.2, -0.15) is 10.1 Å². The quantitative estimate of drug-likeness (QED) is 0.873. The number of aliphatic hydroxyl groups is 1. The average molecular weight is 301 g/mol. The summed E-state index contributed by atoms with van der Waals surface area (Å²) in [5.41, 5.74) is 6.31. The molecule has 1 aliphatic rings. The lowest BCUT2D eigenvalue weighted by Gasteiger charge is -2.25. The highest BCUT2D eigenvalue weighted by molar-refractivity contribution is 5.82. The van der Waals surface area contributed by atoms with Gasteiger partial charge < -0.3 is 15.7 Å². The van der Waals surface area contributed by atoms with Gasteiger partial charge in [-0.05, 0) is 18.4 Å². The van der Waals surface area contributed by atoms with Crippen molar-refractivity contribution in [1.29, 1.82) is 0 Å². The van der Waals surface area contributed by atoms with E-state index in [0.29, 0.717) is 23.9 Å². The second-order valence-corrected chi connectivity index (χ2v) is 5.45. The number of nitrogens with zero attached hydrogens (tertiary/aromatic N) is 4. The molecule has 0 aliphatic carbocycles. The first-order chi connectivity index (χ1) is 10.6. The van der Waals surface area contributed by atoms with Crippen LogP contribution in [-0.4, -0.2) is 37.2 Å². The summed E-state index contributed by atoms with van der Waals surface area (Å²) in [6.45, 7) is 0.589. The van der Waals surface area contributed by atoms with Crippen molar-refractivity contribution >= 4 is 11.9 Å². The lowest BCUT2D eigenvalue weighted by Crippen LogP contribution is -2.35. The highest BCUT2D eigenvalue weighted by Crippen LogP contribution is 2.32. The molecule has 3 N–H and O–H groups in total. The predicted octanol–water partition coefficient (Wildman–Crippen LogP) is 0.794. The summed E-state index contributed by atoms with van der Waals surface area (Å²) in [5, 5.41) is 14.6. The number of anilines is 1. The Morgan fingerprint density at radius 2 is 2.14 bits per heavy atom. The van der Waals surface area contributed by atoms with Crippen LogP contribution in [0.25, 0.3) is 0 Å². The fourth-order valence-corrected chi connectivity index (χ4v) is 2.79. The van der Waals surface area contributed by atoms with Crippen LogP contribution in [0, 0.1) is 0 Å². The van der Waals surface area contributed by atoms with Crippen molar-refractivity contribution in [3.05, 3.63) is 41.7 Å². The molecule has 22 heavy (non-hydrogen) atoms. The van der Waals surface area contributed by atoms with E-state index in [2.05, 4.69) is 10.1 Å². The van der Waals surface area contributed by atoms with Gasteiger partial charge in [-0.1, -0.05) is 30.3 Å². The maximum atomic E-state index is 12.6. The van der Waals surface area contributed by atoms with Crippen molar-refractivity contribution in [2.24, 2.45) is 7.05 Å². The summed E-state index contributed by atoms with van der Waals surface area (Å²) in [5.74, 6) is 0.531. The van der Waals surface area contributed by atoms with E-state index < -0.39 is 6.10 Å². The molecule has 1 aliphatic heterocycles. The van der Waals surface area contributed by atoms with Crippen molar-refractivity contribution in [3.63, 3.8) is 0 Å². The Kier molecular flexibility index (Phi) is 3.81. The van der Waals surface area contributed by atoms with E-state index >= 15 is 0 Å². The number of amides is 1. The molecule has 7 nitrogen and oxygen atoms in total. The van der Waals surface area contributed by atoms with Crippen molar-refractivity contribution < 1.29 is 9.90 Å². The van der Waals surface area contributed by atoms with Crippen LogP contribution in [0.5, 0.6) is 0 Å². The number of carbonyl (C=O) groups excluding carboxylic acids is 1. The lowest BCUT2D eigenvalue weighted by molar-refractivity contribution is -0.141. The van der Waals surface area contributed by atoms with E-state index in [-0.39, 0.29) is 11.9 Å². The highest BCUT2D eigenvalue weighted by Gasteiger charge is 2.36. The molecule has 2 heterocycles. The van der Waals surface area contributed by atoms with Crippen LogP contribution in [0.2, 0.25) is 0 Å². The SMILES string of the molecule is Cn1nc(C2CCCN2C(=O)[C@@H](O)c2ccccc2)nc1N. The molecule has 1 amide bonds. The molecule has 1 unspecified atom stereocenters. The number of nitrogen functional groups attached to an aromatic ring is 1. The third kappa shape index (κ3) is 2.55. The Bertz CT molecular complexity index is 650. The molecular weight excluding hydrogens is 282 g/mol. The molecule has 116 valence electrons. The molecule has 1 fully saturated rings.